The molecule has 0 bridgehead atoms. The van der Waals surface area contributed by atoms with E-state index in [1.54, 1.807) is 45.4 Å². The van der Waals surface area contributed by atoms with Gasteiger partial charge in [-0.3, -0.25) is 14.6 Å². The van der Waals surface area contributed by atoms with E-state index in [2.05, 4.69) is 4.98 Å². The smallest absolute Gasteiger partial charge is 0.290 e. The minimum absolute atomic E-state index is 0.108. The van der Waals surface area contributed by atoms with E-state index in [4.69, 9.17) is 4.74 Å². The first kappa shape index (κ1) is 18.6. The van der Waals surface area contributed by atoms with Crippen LogP contribution in [0.1, 0.15) is 31.1 Å². The summed E-state index contributed by atoms with van der Waals surface area (Å²) in [5.41, 5.74) is 1.48. The zero-order valence-corrected chi connectivity index (χ0v) is 15.5. The summed E-state index contributed by atoms with van der Waals surface area (Å²) in [6.45, 7) is 3.71. The average molecular weight is 366 g/mol. The molecule has 0 saturated carbocycles. The second kappa shape index (κ2) is 7.61. The molecular formula is C21H22N2O4. The number of aromatic nitrogens is 1. The fourth-order valence-electron chi connectivity index (χ4n) is 3.19. The van der Waals surface area contributed by atoms with Gasteiger partial charge in [-0.05, 0) is 29.8 Å². The second-order valence-corrected chi connectivity index (χ2v) is 6.72. The molecule has 1 N–H and O–H groups in total. The molecule has 1 aliphatic heterocycles. The molecule has 3 rings (SSSR count). The summed E-state index contributed by atoms with van der Waals surface area (Å²) >= 11 is 0. The Morgan fingerprint density at radius 3 is 2.67 bits per heavy atom. The van der Waals surface area contributed by atoms with Crippen molar-refractivity contribution >= 4 is 11.7 Å². The van der Waals surface area contributed by atoms with Crippen molar-refractivity contribution in [2.75, 3.05) is 7.11 Å². The van der Waals surface area contributed by atoms with Crippen LogP contribution in [0.5, 0.6) is 5.75 Å². The molecule has 6 heteroatoms. The number of nitrogens with zero attached hydrogens (tertiary/aromatic N) is 2. The largest absolute Gasteiger partial charge is 0.503 e. The zero-order chi connectivity index (χ0) is 19.6. The molecule has 1 atom stereocenters. The number of aliphatic hydroxyl groups is 1. The predicted octanol–water partition coefficient (Wildman–Crippen LogP) is 3.21. The van der Waals surface area contributed by atoms with Crippen molar-refractivity contribution in [1.82, 2.24) is 9.88 Å². The number of hydrogen-bond donors (Lipinski definition) is 1. The Hall–Kier alpha value is -3.15. The number of amides is 1. The molecule has 1 unspecified atom stereocenters. The lowest BCUT2D eigenvalue weighted by Crippen LogP contribution is -2.31. The number of benzene rings is 1. The van der Waals surface area contributed by atoms with E-state index in [0.29, 0.717) is 11.4 Å². The van der Waals surface area contributed by atoms with E-state index >= 15 is 0 Å². The van der Waals surface area contributed by atoms with Crippen molar-refractivity contribution in [3.63, 3.8) is 0 Å². The first-order valence-electron chi connectivity index (χ1n) is 8.76. The highest BCUT2D eigenvalue weighted by molar-refractivity contribution is 6.09. The highest BCUT2D eigenvalue weighted by Crippen LogP contribution is 2.39. The quantitative estimate of drug-likeness (QED) is 0.849. The van der Waals surface area contributed by atoms with Crippen LogP contribution in [0, 0.1) is 5.92 Å². The third kappa shape index (κ3) is 3.56. The SMILES string of the molecule is COc1cccc(CN2C(=O)C(O)=C(C(=O)C(C)C)C2c2ccccn2)c1. The molecule has 6 nitrogen and oxygen atoms in total. The highest BCUT2D eigenvalue weighted by Gasteiger charge is 2.44. The molecule has 0 saturated heterocycles. The molecule has 27 heavy (non-hydrogen) atoms. The monoisotopic (exact) mass is 366 g/mol. The minimum atomic E-state index is -0.722. The Morgan fingerprint density at radius 2 is 2.04 bits per heavy atom. The van der Waals surface area contributed by atoms with Crippen LogP contribution in [0.15, 0.2) is 60.0 Å². The molecule has 0 aliphatic carbocycles. The van der Waals surface area contributed by atoms with Crippen molar-refractivity contribution in [1.29, 1.82) is 0 Å². The number of aliphatic hydroxyl groups excluding tert-OH is 1. The van der Waals surface area contributed by atoms with Crippen LogP contribution in [0.4, 0.5) is 0 Å². The lowest BCUT2D eigenvalue weighted by molar-refractivity contribution is -0.130. The van der Waals surface area contributed by atoms with Crippen LogP contribution in [0.3, 0.4) is 0 Å². The maximum Gasteiger partial charge on any atom is 0.290 e. The molecule has 0 spiro atoms. The van der Waals surface area contributed by atoms with Gasteiger partial charge in [0.2, 0.25) is 0 Å². The fraction of sp³-hybridized carbons (Fsp3) is 0.286. The van der Waals surface area contributed by atoms with Crippen molar-refractivity contribution in [2.24, 2.45) is 5.92 Å². The predicted molar refractivity (Wildman–Crippen MR) is 100 cm³/mol. The van der Waals surface area contributed by atoms with Crippen LogP contribution in [-0.2, 0) is 16.1 Å². The standard InChI is InChI=1S/C21H22N2O4/c1-13(2)19(24)17-18(16-9-4-5-10-22-16)23(21(26)20(17)25)12-14-7-6-8-15(11-14)27-3/h4-11,13,18,25H,12H2,1-3H3. The zero-order valence-electron chi connectivity index (χ0n) is 15.5. The number of rotatable bonds is 6. The molecule has 1 aromatic heterocycles. The lowest BCUT2D eigenvalue weighted by Gasteiger charge is -2.26. The average Bonchev–Trinajstić information content (AvgIpc) is 2.93. The third-order valence-electron chi connectivity index (χ3n) is 4.55. The molecule has 1 aromatic carbocycles. The number of methoxy groups -OCH3 is 1. The van der Waals surface area contributed by atoms with E-state index in [0.717, 1.165) is 5.56 Å². The Labute approximate surface area is 158 Å². The van der Waals surface area contributed by atoms with Gasteiger partial charge in [0, 0.05) is 18.7 Å². The number of ketones is 1. The Bertz CT molecular complexity index is 890. The van der Waals surface area contributed by atoms with Crippen molar-refractivity contribution < 1.29 is 19.4 Å². The van der Waals surface area contributed by atoms with Gasteiger partial charge in [-0.25, -0.2) is 0 Å². The van der Waals surface area contributed by atoms with Gasteiger partial charge in [-0.15, -0.1) is 0 Å². The Morgan fingerprint density at radius 1 is 1.26 bits per heavy atom. The van der Waals surface area contributed by atoms with Gasteiger partial charge in [-0.2, -0.15) is 0 Å². The van der Waals surface area contributed by atoms with Gasteiger partial charge in [0.25, 0.3) is 5.91 Å². The fourth-order valence-corrected chi connectivity index (χ4v) is 3.19. The first-order valence-corrected chi connectivity index (χ1v) is 8.76. The van der Waals surface area contributed by atoms with Crippen LogP contribution < -0.4 is 4.74 Å². The maximum atomic E-state index is 12.8. The molecule has 140 valence electrons. The number of pyridine rings is 1. The summed E-state index contributed by atoms with van der Waals surface area (Å²) in [4.78, 5) is 31.3. The Balaban J connectivity index is 2.04. The van der Waals surface area contributed by atoms with Crippen molar-refractivity contribution in [3.05, 3.63) is 71.3 Å². The van der Waals surface area contributed by atoms with Gasteiger partial charge in [-0.1, -0.05) is 32.0 Å². The summed E-state index contributed by atoms with van der Waals surface area (Å²) in [5.74, 6) is -1.00. The van der Waals surface area contributed by atoms with Crippen molar-refractivity contribution in [2.45, 2.75) is 26.4 Å². The maximum absolute atomic E-state index is 12.8. The molecule has 0 fully saturated rings. The summed E-state index contributed by atoms with van der Waals surface area (Å²) in [7, 11) is 1.57. The molecule has 1 aliphatic rings. The van der Waals surface area contributed by atoms with Gasteiger partial charge in [0.15, 0.2) is 11.5 Å². The molecule has 1 amide bonds. The van der Waals surface area contributed by atoms with Crippen molar-refractivity contribution in [3.8, 4) is 5.75 Å². The first-order chi connectivity index (χ1) is 12.9. The van der Waals surface area contributed by atoms with Crippen LogP contribution >= 0.6 is 0 Å². The van der Waals surface area contributed by atoms with Crippen LogP contribution in [0.2, 0.25) is 0 Å². The molecule has 2 heterocycles. The van der Waals surface area contributed by atoms with E-state index in [1.165, 1.54) is 4.90 Å². The summed E-state index contributed by atoms with van der Waals surface area (Å²) in [6, 6.07) is 11.9. The number of carbonyl (C=O) groups is 2. The second-order valence-electron chi connectivity index (χ2n) is 6.72. The normalized spacial score (nSPS) is 17.0. The third-order valence-corrected chi connectivity index (χ3v) is 4.55. The highest BCUT2D eigenvalue weighted by atomic mass is 16.5. The van der Waals surface area contributed by atoms with E-state index < -0.39 is 17.7 Å². The number of carbonyl (C=O) groups excluding carboxylic acids is 2. The van der Waals surface area contributed by atoms with E-state index in [9.17, 15) is 14.7 Å². The number of hydrogen-bond acceptors (Lipinski definition) is 5. The van der Waals surface area contributed by atoms with Gasteiger partial charge >= 0.3 is 0 Å². The van der Waals surface area contributed by atoms with Crippen LogP contribution in [0.25, 0.3) is 0 Å². The minimum Gasteiger partial charge on any atom is -0.503 e. The molecule has 2 aromatic rings. The lowest BCUT2D eigenvalue weighted by atomic mass is 9.93. The topological polar surface area (TPSA) is 79.7 Å². The molecule has 0 radical (unpaired) electrons. The van der Waals surface area contributed by atoms with Gasteiger partial charge in [0.1, 0.15) is 11.8 Å². The van der Waals surface area contributed by atoms with Crippen LogP contribution in [-0.4, -0.2) is 33.8 Å². The summed E-state index contributed by atoms with van der Waals surface area (Å²) < 4.78 is 5.24. The summed E-state index contributed by atoms with van der Waals surface area (Å²) in [5, 5.41) is 10.5. The number of Topliss-reactive ketones (excluding diaryl/α,β-unsaturated/α-hetero) is 1. The molecular weight excluding hydrogens is 344 g/mol. The number of ether oxygens (including phenoxy) is 1. The van der Waals surface area contributed by atoms with E-state index in [-0.39, 0.29) is 23.8 Å². The van der Waals surface area contributed by atoms with E-state index in [1.807, 2.05) is 24.3 Å². The van der Waals surface area contributed by atoms with Gasteiger partial charge < -0.3 is 14.7 Å². The van der Waals surface area contributed by atoms with Gasteiger partial charge in [0.05, 0.1) is 18.4 Å². The Kier molecular flexibility index (Phi) is 5.26. The summed E-state index contributed by atoms with van der Waals surface area (Å²) in [6.07, 6.45) is 1.61.